The van der Waals surface area contributed by atoms with Gasteiger partial charge < -0.3 is 5.73 Å². The number of halogens is 2. The Morgan fingerprint density at radius 3 is 2.52 bits per heavy atom. The quantitative estimate of drug-likeness (QED) is 0.866. The SMILES string of the molecule is Nc1ccc2c(c1)CCN2S(=O)(=O)c1ccc(F)c(F)c1. The predicted molar refractivity (Wildman–Crippen MR) is 75.4 cm³/mol. The Labute approximate surface area is 120 Å². The number of anilines is 2. The van der Waals surface area contributed by atoms with E-state index in [2.05, 4.69) is 0 Å². The third-order valence-electron chi connectivity index (χ3n) is 3.44. The molecule has 1 heterocycles. The molecule has 0 spiro atoms. The zero-order chi connectivity index (χ0) is 15.2. The number of nitrogens with zero attached hydrogens (tertiary/aromatic N) is 1. The smallest absolute Gasteiger partial charge is 0.264 e. The summed E-state index contributed by atoms with van der Waals surface area (Å²) in [6.45, 7) is 0.250. The van der Waals surface area contributed by atoms with Gasteiger partial charge in [0.05, 0.1) is 10.6 Å². The van der Waals surface area contributed by atoms with Crippen molar-refractivity contribution in [3.63, 3.8) is 0 Å². The zero-order valence-corrected chi connectivity index (χ0v) is 11.7. The van der Waals surface area contributed by atoms with Crippen molar-refractivity contribution in [3.05, 3.63) is 53.6 Å². The van der Waals surface area contributed by atoms with Crippen LogP contribution in [0, 0.1) is 11.6 Å². The van der Waals surface area contributed by atoms with Crippen LogP contribution < -0.4 is 10.0 Å². The largest absolute Gasteiger partial charge is 0.399 e. The molecule has 0 atom stereocenters. The van der Waals surface area contributed by atoms with Gasteiger partial charge in [-0.2, -0.15) is 0 Å². The summed E-state index contributed by atoms with van der Waals surface area (Å²) in [7, 11) is -3.92. The predicted octanol–water partition coefficient (Wildman–Crippen LogP) is 2.30. The number of hydrogen-bond donors (Lipinski definition) is 1. The molecule has 4 nitrogen and oxygen atoms in total. The minimum atomic E-state index is -3.92. The van der Waals surface area contributed by atoms with Crippen LogP contribution in [0.15, 0.2) is 41.3 Å². The first kappa shape index (κ1) is 13.8. The lowest BCUT2D eigenvalue weighted by molar-refractivity contribution is 0.504. The Balaban J connectivity index is 2.07. The molecule has 2 N–H and O–H groups in total. The van der Waals surface area contributed by atoms with E-state index in [1.165, 1.54) is 4.31 Å². The third kappa shape index (κ3) is 2.23. The van der Waals surface area contributed by atoms with Crippen LogP contribution in [0.5, 0.6) is 0 Å². The molecule has 2 aromatic carbocycles. The first-order valence-electron chi connectivity index (χ1n) is 6.26. The lowest BCUT2D eigenvalue weighted by Gasteiger charge is -2.19. The molecule has 0 fully saturated rings. The highest BCUT2D eigenvalue weighted by Gasteiger charge is 2.31. The molecule has 0 saturated heterocycles. The van der Waals surface area contributed by atoms with E-state index in [9.17, 15) is 17.2 Å². The molecular weight excluding hydrogens is 298 g/mol. The molecule has 2 aromatic rings. The van der Waals surface area contributed by atoms with Crippen LogP contribution in [0.1, 0.15) is 5.56 Å². The van der Waals surface area contributed by atoms with Crippen LogP contribution >= 0.6 is 0 Å². The molecule has 7 heteroatoms. The van der Waals surface area contributed by atoms with Crippen molar-refractivity contribution in [2.45, 2.75) is 11.3 Å². The summed E-state index contributed by atoms with van der Waals surface area (Å²) in [4.78, 5) is -0.272. The Kier molecular flexibility index (Phi) is 3.09. The van der Waals surface area contributed by atoms with Crippen LogP contribution in [-0.4, -0.2) is 15.0 Å². The number of benzene rings is 2. The van der Waals surface area contributed by atoms with E-state index in [1.807, 2.05) is 0 Å². The van der Waals surface area contributed by atoms with E-state index in [4.69, 9.17) is 5.73 Å². The molecule has 21 heavy (non-hydrogen) atoms. The first-order chi connectivity index (χ1) is 9.89. The third-order valence-corrected chi connectivity index (χ3v) is 5.24. The maximum Gasteiger partial charge on any atom is 0.264 e. The second-order valence-electron chi connectivity index (χ2n) is 4.79. The maximum absolute atomic E-state index is 13.3. The highest BCUT2D eigenvalue weighted by Crippen LogP contribution is 2.34. The van der Waals surface area contributed by atoms with Gasteiger partial charge in [0, 0.05) is 12.2 Å². The van der Waals surface area contributed by atoms with Gasteiger partial charge in [0.1, 0.15) is 0 Å². The highest BCUT2D eigenvalue weighted by atomic mass is 32.2. The summed E-state index contributed by atoms with van der Waals surface area (Å²) >= 11 is 0. The molecule has 0 amide bonds. The van der Waals surface area contributed by atoms with Gasteiger partial charge in [0.2, 0.25) is 0 Å². The lowest BCUT2D eigenvalue weighted by atomic mass is 10.1. The zero-order valence-electron chi connectivity index (χ0n) is 10.9. The minimum absolute atomic E-state index is 0.250. The van der Waals surface area contributed by atoms with E-state index in [0.29, 0.717) is 23.9 Å². The number of nitrogens with two attached hydrogens (primary N) is 1. The van der Waals surface area contributed by atoms with Gasteiger partial charge in [-0.3, -0.25) is 4.31 Å². The second-order valence-corrected chi connectivity index (χ2v) is 6.65. The van der Waals surface area contributed by atoms with Gasteiger partial charge >= 0.3 is 0 Å². The summed E-state index contributed by atoms with van der Waals surface area (Å²) in [5, 5.41) is 0. The average molecular weight is 310 g/mol. The van der Waals surface area contributed by atoms with Crippen LogP contribution in [0.2, 0.25) is 0 Å². The molecule has 0 unspecified atom stereocenters. The maximum atomic E-state index is 13.3. The van der Waals surface area contributed by atoms with Gasteiger partial charge in [-0.25, -0.2) is 17.2 Å². The lowest BCUT2D eigenvalue weighted by Crippen LogP contribution is -2.29. The fourth-order valence-corrected chi connectivity index (χ4v) is 3.92. The molecule has 0 saturated carbocycles. The summed E-state index contributed by atoms with van der Waals surface area (Å²) in [6, 6.07) is 7.51. The van der Waals surface area contributed by atoms with E-state index in [0.717, 1.165) is 17.7 Å². The molecule has 0 aromatic heterocycles. The van der Waals surface area contributed by atoms with Crippen molar-refractivity contribution < 1.29 is 17.2 Å². The van der Waals surface area contributed by atoms with Crippen molar-refractivity contribution >= 4 is 21.4 Å². The number of sulfonamides is 1. The van der Waals surface area contributed by atoms with Crippen molar-refractivity contribution in [3.8, 4) is 0 Å². The van der Waals surface area contributed by atoms with E-state index < -0.39 is 21.7 Å². The van der Waals surface area contributed by atoms with Crippen molar-refractivity contribution in [1.29, 1.82) is 0 Å². The molecular formula is C14H12F2N2O2S. The highest BCUT2D eigenvalue weighted by molar-refractivity contribution is 7.92. The van der Waals surface area contributed by atoms with Crippen LogP contribution in [0.3, 0.4) is 0 Å². The van der Waals surface area contributed by atoms with Gasteiger partial charge in [0.25, 0.3) is 10.0 Å². The summed E-state index contributed by atoms with van der Waals surface area (Å²) < 4.78 is 52.5. The number of nitrogen functional groups attached to an aromatic ring is 1. The number of rotatable bonds is 2. The van der Waals surface area contributed by atoms with Crippen molar-refractivity contribution in [1.82, 2.24) is 0 Å². The molecule has 0 bridgehead atoms. The fourth-order valence-electron chi connectivity index (χ4n) is 2.41. The number of hydrogen-bond acceptors (Lipinski definition) is 3. The normalized spacial score (nSPS) is 14.3. The van der Waals surface area contributed by atoms with Crippen molar-refractivity contribution in [2.75, 3.05) is 16.6 Å². The Morgan fingerprint density at radius 2 is 1.81 bits per heavy atom. The van der Waals surface area contributed by atoms with Crippen LogP contribution in [0.4, 0.5) is 20.2 Å². The molecule has 0 aliphatic carbocycles. The topological polar surface area (TPSA) is 63.4 Å². The van der Waals surface area contributed by atoms with Crippen LogP contribution in [0.25, 0.3) is 0 Å². The summed E-state index contributed by atoms with van der Waals surface area (Å²) in [5.74, 6) is -2.27. The standard InChI is InChI=1S/C14H12F2N2O2S/c15-12-3-2-11(8-13(12)16)21(19,20)18-6-5-9-7-10(17)1-4-14(9)18/h1-4,7-8H,5-6,17H2. The monoisotopic (exact) mass is 310 g/mol. The first-order valence-corrected chi connectivity index (χ1v) is 7.70. The Morgan fingerprint density at radius 1 is 1.05 bits per heavy atom. The minimum Gasteiger partial charge on any atom is -0.399 e. The number of fused-ring (bicyclic) bond motifs is 1. The van der Waals surface area contributed by atoms with E-state index in [1.54, 1.807) is 18.2 Å². The van der Waals surface area contributed by atoms with Gasteiger partial charge in [-0.05, 0) is 48.4 Å². The van der Waals surface area contributed by atoms with E-state index >= 15 is 0 Å². The molecule has 3 rings (SSSR count). The molecule has 0 radical (unpaired) electrons. The van der Waals surface area contributed by atoms with Gasteiger partial charge in [0.15, 0.2) is 11.6 Å². The van der Waals surface area contributed by atoms with Gasteiger partial charge in [-0.1, -0.05) is 0 Å². The Hall–Kier alpha value is -2.15. The summed E-state index contributed by atoms with van der Waals surface area (Å²) in [6.07, 6.45) is 0.531. The second kappa shape index (κ2) is 4.70. The van der Waals surface area contributed by atoms with Crippen LogP contribution in [-0.2, 0) is 16.4 Å². The summed E-state index contributed by atoms with van der Waals surface area (Å²) in [5.41, 5.74) is 7.57. The van der Waals surface area contributed by atoms with Crippen molar-refractivity contribution in [2.24, 2.45) is 0 Å². The Bertz CT molecular complexity index is 822. The fraction of sp³-hybridized carbons (Fsp3) is 0.143. The van der Waals surface area contributed by atoms with E-state index in [-0.39, 0.29) is 11.4 Å². The van der Waals surface area contributed by atoms with Gasteiger partial charge in [-0.15, -0.1) is 0 Å². The molecule has 1 aliphatic heterocycles. The molecule has 1 aliphatic rings. The molecule has 110 valence electrons. The average Bonchev–Trinajstić information content (AvgIpc) is 2.85.